The van der Waals surface area contributed by atoms with E-state index in [0.29, 0.717) is 24.0 Å². The van der Waals surface area contributed by atoms with Crippen LogP contribution in [0.2, 0.25) is 0 Å². The molecule has 1 amide bonds. The van der Waals surface area contributed by atoms with Gasteiger partial charge in [-0.05, 0) is 31.4 Å². The minimum absolute atomic E-state index is 0.192. The van der Waals surface area contributed by atoms with Gasteiger partial charge >= 0.3 is 0 Å². The standard InChI is InChI=1S/C18H22ClN5O2/c19-7-1-2-16(25)24-10-8-23(9-11-24)15-6-5-14(12-20-15)17-21-18(26-22-17)13-3-4-13/h5-6,12-13H,1-4,7-11H2. The fraction of sp³-hybridized carbons (Fsp3) is 0.556. The highest BCUT2D eigenvalue weighted by atomic mass is 35.5. The average Bonchev–Trinajstić information content (AvgIpc) is 3.43. The Labute approximate surface area is 157 Å². The lowest BCUT2D eigenvalue weighted by molar-refractivity contribution is -0.131. The van der Waals surface area contributed by atoms with Crippen molar-refractivity contribution >= 4 is 23.3 Å². The molecule has 1 saturated carbocycles. The number of alkyl halides is 1. The van der Waals surface area contributed by atoms with Gasteiger partial charge in [-0.1, -0.05) is 5.16 Å². The third kappa shape index (κ3) is 3.82. The van der Waals surface area contributed by atoms with E-state index in [2.05, 4.69) is 20.0 Å². The van der Waals surface area contributed by atoms with Crippen LogP contribution in [0.3, 0.4) is 0 Å². The van der Waals surface area contributed by atoms with E-state index in [4.69, 9.17) is 16.1 Å². The Morgan fingerprint density at radius 3 is 2.69 bits per heavy atom. The number of nitrogens with zero attached hydrogens (tertiary/aromatic N) is 5. The number of piperazine rings is 1. The van der Waals surface area contributed by atoms with E-state index in [-0.39, 0.29) is 5.91 Å². The van der Waals surface area contributed by atoms with Crippen LogP contribution in [-0.2, 0) is 4.79 Å². The Morgan fingerprint density at radius 1 is 1.23 bits per heavy atom. The second kappa shape index (κ2) is 7.61. The molecule has 0 aromatic carbocycles. The van der Waals surface area contributed by atoms with Crippen molar-refractivity contribution in [3.63, 3.8) is 0 Å². The first-order valence-corrected chi connectivity index (χ1v) is 9.67. The second-order valence-electron chi connectivity index (χ2n) is 6.80. The van der Waals surface area contributed by atoms with Gasteiger partial charge in [-0.3, -0.25) is 4.79 Å². The van der Waals surface area contributed by atoms with Crippen LogP contribution in [0, 0.1) is 0 Å². The van der Waals surface area contributed by atoms with Gasteiger partial charge in [0.05, 0.1) is 0 Å². The quantitative estimate of drug-likeness (QED) is 0.722. The van der Waals surface area contributed by atoms with Crippen molar-refractivity contribution in [2.45, 2.75) is 31.6 Å². The Balaban J connectivity index is 1.34. The minimum atomic E-state index is 0.192. The highest BCUT2D eigenvalue weighted by Crippen LogP contribution is 2.39. The van der Waals surface area contributed by atoms with Crippen molar-refractivity contribution in [1.82, 2.24) is 20.0 Å². The molecule has 1 aliphatic heterocycles. The molecule has 0 bridgehead atoms. The molecule has 0 radical (unpaired) electrons. The molecule has 26 heavy (non-hydrogen) atoms. The first kappa shape index (κ1) is 17.3. The molecule has 0 N–H and O–H groups in total. The van der Waals surface area contributed by atoms with Crippen LogP contribution in [-0.4, -0.2) is 58.0 Å². The number of hydrogen-bond donors (Lipinski definition) is 0. The summed E-state index contributed by atoms with van der Waals surface area (Å²) in [6.45, 7) is 3.01. The number of pyridine rings is 1. The summed E-state index contributed by atoms with van der Waals surface area (Å²) >= 11 is 5.66. The third-order valence-electron chi connectivity index (χ3n) is 4.86. The first-order chi connectivity index (χ1) is 12.7. The van der Waals surface area contributed by atoms with E-state index >= 15 is 0 Å². The molecule has 0 spiro atoms. The van der Waals surface area contributed by atoms with E-state index in [0.717, 1.165) is 62.7 Å². The Hall–Kier alpha value is -2.15. The summed E-state index contributed by atoms with van der Waals surface area (Å²) in [5.74, 6) is 3.42. The topological polar surface area (TPSA) is 75.4 Å². The van der Waals surface area contributed by atoms with Crippen LogP contribution in [0.25, 0.3) is 11.4 Å². The predicted octanol–water partition coefficient (Wildman–Crippen LogP) is 2.68. The van der Waals surface area contributed by atoms with Gasteiger partial charge in [0.2, 0.25) is 17.6 Å². The monoisotopic (exact) mass is 375 g/mol. The van der Waals surface area contributed by atoms with Crippen molar-refractivity contribution < 1.29 is 9.32 Å². The van der Waals surface area contributed by atoms with Gasteiger partial charge in [0, 0.05) is 56.2 Å². The van der Waals surface area contributed by atoms with Gasteiger partial charge < -0.3 is 14.3 Å². The summed E-state index contributed by atoms with van der Waals surface area (Å²) in [7, 11) is 0. The minimum Gasteiger partial charge on any atom is -0.353 e. The van der Waals surface area contributed by atoms with Gasteiger partial charge in [-0.15, -0.1) is 11.6 Å². The van der Waals surface area contributed by atoms with Crippen LogP contribution in [0.1, 0.15) is 37.5 Å². The Bertz CT molecular complexity index is 751. The molecule has 0 atom stereocenters. The van der Waals surface area contributed by atoms with Crippen LogP contribution in [0.5, 0.6) is 0 Å². The number of halogens is 1. The first-order valence-electron chi connectivity index (χ1n) is 9.13. The molecule has 0 unspecified atom stereocenters. The summed E-state index contributed by atoms with van der Waals surface area (Å²) in [6, 6.07) is 3.95. The van der Waals surface area contributed by atoms with Crippen LogP contribution in [0.4, 0.5) is 5.82 Å². The summed E-state index contributed by atoms with van der Waals surface area (Å²) in [6.07, 6.45) is 5.33. The highest BCUT2D eigenvalue weighted by Gasteiger charge is 2.30. The number of rotatable bonds is 6. The van der Waals surface area contributed by atoms with Crippen molar-refractivity contribution in [2.75, 3.05) is 37.0 Å². The van der Waals surface area contributed by atoms with Crippen molar-refractivity contribution in [3.8, 4) is 11.4 Å². The predicted molar refractivity (Wildman–Crippen MR) is 98.3 cm³/mol. The highest BCUT2D eigenvalue weighted by molar-refractivity contribution is 6.17. The SMILES string of the molecule is O=C(CCCCl)N1CCN(c2ccc(-c3noc(C4CC4)n3)cn2)CC1. The molecule has 2 fully saturated rings. The normalized spacial score (nSPS) is 17.6. The molecule has 8 heteroatoms. The molecule has 1 aliphatic carbocycles. The number of hydrogen-bond acceptors (Lipinski definition) is 6. The molecule has 138 valence electrons. The molecule has 2 aliphatic rings. The van der Waals surface area contributed by atoms with Gasteiger partial charge in [0.25, 0.3) is 0 Å². The largest absolute Gasteiger partial charge is 0.353 e. The second-order valence-corrected chi connectivity index (χ2v) is 7.17. The van der Waals surface area contributed by atoms with Gasteiger partial charge in [-0.25, -0.2) is 4.98 Å². The fourth-order valence-electron chi connectivity index (χ4n) is 3.12. The summed E-state index contributed by atoms with van der Waals surface area (Å²) in [5.41, 5.74) is 0.860. The number of anilines is 1. The summed E-state index contributed by atoms with van der Waals surface area (Å²) in [5, 5.41) is 4.05. The summed E-state index contributed by atoms with van der Waals surface area (Å²) in [4.78, 5) is 25.2. The number of aromatic nitrogens is 3. The average molecular weight is 376 g/mol. The molecule has 2 aromatic rings. The van der Waals surface area contributed by atoms with E-state index in [1.54, 1.807) is 6.20 Å². The lowest BCUT2D eigenvalue weighted by Gasteiger charge is -2.35. The smallest absolute Gasteiger partial charge is 0.230 e. The molecular formula is C18H22ClN5O2. The molecular weight excluding hydrogens is 354 g/mol. The van der Waals surface area contributed by atoms with Crippen LogP contribution in [0.15, 0.2) is 22.9 Å². The third-order valence-corrected chi connectivity index (χ3v) is 5.12. The van der Waals surface area contributed by atoms with Crippen LogP contribution >= 0.6 is 11.6 Å². The van der Waals surface area contributed by atoms with Crippen molar-refractivity contribution in [2.24, 2.45) is 0 Å². The molecule has 2 aromatic heterocycles. The molecule has 7 nitrogen and oxygen atoms in total. The maximum absolute atomic E-state index is 12.1. The van der Waals surface area contributed by atoms with E-state index in [1.165, 1.54) is 0 Å². The Morgan fingerprint density at radius 2 is 2.04 bits per heavy atom. The molecule has 3 heterocycles. The molecule has 4 rings (SSSR count). The number of carbonyl (C=O) groups is 1. The molecule has 1 saturated heterocycles. The van der Waals surface area contributed by atoms with Crippen LogP contribution < -0.4 is 4.90 Å². The maximum atomic E-state index is 12.1. The number of amides is 1. The Kier molecular flexibility index (Phi) is 5.06. The zero-order valence-corrected chi connectivity index (χ0v) is 15.4. The van der Waals surface area contributed by atoms with E-state index in [1.807, 2.05) is 17.0 Å². The lowest BCUT2D eigenvalue weighted by Crippen LogP contribution is -2.49. The van der Waals surface area contributed by atoms with Crippen molar-refractivity contribution in [1.29, 1.82) is 0 Å². The number of carbonyl (C=O) groups excluding carboxylic acids is 1. The summed E-state index contributed by atoms with van der Waals surface area (Å²) < 4.78 is 5.31. The van der Waals surface area contributed by atoms with E-state index in [9.17, 15) is 4.79 Å². The zero-order chi connectivity index (χ0) is 17.9. The van der Waals surface area contributed by atoms with E-state index < -0.39 is 0 Å². The lowest BCUT2D eigenvalue weighted by atomic mass is 10.2. The van der Waals surface area contributed by atoms with Gasteiger partial charge in [0.1, 0.15) is 5.82 Å². The van der Waals surface area contributed by atoms with Gasteiger partial charge in [-0.2, -0.15) is 4.98 Å². The maximum Gasteiger partial charge on any atom is 0.230 e. The van der Waals surface area contributed by atoms with Crippen molar-refractivity contribution in [3.05, 3.63) is 24.2 Å². The zero-order valence-electron chi connectivity index (χ0n) is 14.6. The fourth-order valence-corrected chi connectivity index (χ4v) is 3.25. The van der Waals surface area contributed by atoms with Gasteiger partial charge in [0.15, 0.2) is 0 Å².